The van der Waals surface area contributed by atoms with E-state index in [4.69, 9.17) is 0 Å². The van der Waals surface area contributed by atoms with Gasteiger partial charge in [0.05, 0.1) is 12.1 Å². The summed E-state index contributed by atoms with van der Waals surface area (Å²) >= 11 is 0. The number of nitrogens with one attached hydrogen (secondary N) is 2. The maximum Gasteiger partial charge on any atom is 0.416 e. The average Bonchev–Trinajstić information content (AvgIpc) is 2.86. The molecule has 1 aliphatic heterocycles. The molecule has 0 bridgehead atoms. The van der Waals surface area contributed by atoms with Crippen LogP contribution in [0.5, 0.6) is 0 Å². The molecule has 1 aliphatic rings. The van der Waals surface area contributed by atoms with E-state index < -0.39 is 17.3 Å². The molecule has 1 saturated heterocycles. The molecular formula is C25H23F3N6O. The average molecular weight is 480 g/mol. The number of rotatable bonds is 5. The molecule has 2 aromatic heterocycles. The van der Waals surface area contributed by atoms with Gasteiger partial charge in [-0.15, -0.1) is 0 Å². The molecule has 7 nitrogen and oxygen atoms in total. The lowest BCUT2D eigenvalue weighted by Crippen LogP contribution is -2.43. The van der Waals surface area contributed by atoms with Crippen LogP contribution >= 0.6 is 0 Å². The van der Waals surface area contributed by atoms with Crippen molar-refractivity contribution in [1.82, 2.24) is 19.9 Å². The Morgan fingerprint density at radius 2 is 1.71 bits per heavy atom. The van der Waals surface area contributed by atoms with Crippen LogP contribution < -0.4 is 21.1 Å². The highest BCUT2D eigenvalue weighted by Crippen LogP contribution is 2.32. The largest absolute Gasteiger partial charge is 0.416 e. The summed E-state index contributed by atoms with van der Waals surface area (Å²) in [5, 5.41) is 7.00. The van der Waals surface area contributed by atoms with Crippen molar-refractivity contribution in [3.05, 3.63) is 88.3 Å². The Morgan fingerprint density at radius 3 is 2.46 bits per heavy atom. The highest BCUT2D eigenvalue weighted by molar-refractivity contribution is 5.76. The molecule has 2 N–H and O–H groups in total. The van der Waals surface area contributed by atoms with Crippen LogP contribution in [0.2, 0.25) is 0 Å². The molecule has 0 aliphatic carbocycles. The molecule has 0 amide bonds. The number of hydrogen-bond acceptors (Lipinski definition) is 6. The first-order valence-corrected chi connectivity index (χ1v) is 11.2. The number of fused-ring (bicyclic) bond motifs is 1. The molecule has 0 atom stereocenters. The van der Waals surface area contributed by atoms with Crippen molar-refractivity contribution in [1.29, 1.82) is 0 Å². The summed E-state index contributed by atoms with van der Waals surface area (Å²) in [5.41, 5.74) is 0.903. The highest BCUT2D eigenvalue weighted by atomic mass is 19.4. The molecule has 5 rings (SSSR count). The maximum absolute atomic E-state index is 13.5. The second-order valence-electron chi connectivity index (χ2n) is 8.29. The molecule has 0 spiro atoms. The molecule has 180 valence electrons. The van der Waals surface area contributed by atoms with E-state index in [-0.39, 0.29) is 23.7 Å². The molecular weight excluding hydrogens is 457 g/mol. The fraction of sp³-hybridized carbons (Fsp3) is 0.240. The van der Waals surface area contributed by atoms with Crippen molar-refractivity contribution in [3.8, 4) is 0 Å². The van der Waals surface area contributed by atoms with Gasteiger partial charge in [0.2, 0.25) is 5.95 Å². The topological polar surface area (TPSA) is 75.1 Å². The van der Waals surface area contributed by atoms with Gasteiger partial charge in [0.25, 0.3) is 5.56 Å². The standard InChI is InChI=1S/C25H23F3N6O/c26-25(27,28)21-4-2-1-3-18(21)16-34-22(35)10-5-17-15-30-24(32-23(17)34)31-19-6-8-20(9-7-19)33-13-11-29-12-14-33/h1-10,15,29H,11-14,16H2,(H,30,31,32). The highest BCUT2D eigenvalue weighted by Gasteiger charge is 2.33. The summed E-state index contributed by atoms with van der Waals surface area (Å²) < 4.78 is 41.7. The lowest BCUT2D eigenvalue weighted by atomic mass is 10.1. The number of nitrogens with zero attached hydrogens (tertiary/aromatic N) is 4. The minimum atomic E-state index is -4.52. The zero-order valence-electron chi connectivity index (χ0n) is 18.7. The first kappa shape index (κ1) is 22.9. The molecule has 0 saturated carbocycles. The van der Waals surface area contributed by atoms with Crippen LogP contribution in [-0.2, 0) is 12.7 Å². The lowest BCUT2D eigenvalue weighted by Gasteiger charge is -2.29. The van der Waals surface area contributed by atoms with E-state index in [1.54, 1.807) is 12.3 Å². The van der Waals surface area contributed by atoms with E-state index in [0.717, 1.165) is 43.6 Å². The number of hydrogen-bond donors (Lipinski definition) is 2. The Morgan fingerprint density at radius 1 is 0.971 bits per heavy atom. The van der Waals surface area contributed by atoms with Gasteiger partial charge in [0.15, 0.2) is 0 Å². The van der Waals surface area contributed by atoms with Crippen LogP contribution in [0.3, 0.4) is 0 Å². The number of halogens is 3. The van der Waals surface area contributed by atoms with Crippen molar-refractivity contribution in [3.63, 3.8) is 0 Å². The van der Waals surface area contributed by atoms with Crippen LogP contribution in [0.25, 0.3) is 11.0 Å². The van der Waals surface area contributed by atoms with Gasteiger partial charge in [-0.1, -0.05) is 18.2 Å². The fourth-order valence-electron chi connectivity index (χ4n) is 4.20. The molecule has 0 unspecified atom stereocenters. The summed E-state index contributed by atoms with van der Waals surface area (Å²) in [4.78, 5) is 23.7. The van der Waals surface area contributed by atoms with Crippen molar-refractivity contribution >= 4 is 28.4 Å². The Bertz CT molecular complexity index is 1400. The second-order valence-corrected chi connectivity index (χ2v) is 8.29. The van der Waals surface area contributed by atoms with Gasteiger partial charge in [-0.3, -0.25) is 9.36 Å². The van der Waals surface area contributed by atoms with Gasteiger partial charge in [-0.2, -0.15) is 18.2 Å². The lowest BCUT2D eigenvalue weighted by molar-refractivity contribution is -0.138. The van der Waals surface area contributed by atoms with E-state index in [1.165, 1.54) is 28.8 Å². The predicted octanol–water partition coefficient (Wildman–Crippen LogP) is 4.01. The summed E-state index contributed by atoms with van der Waals surface area (Å²) in [5.74, 6) is 0.246. The number of alkyl halides is 3. The third-order valence-corrected chi connectivity index (χ3v) is 5.98. The van der Waals surface area contributed by atoms with Crippen LogP contribution in [0.15, 0.2) is 71.7 Å². The molecule has 2 aromatic carbocycles. The monoisotopic (exact) mass is 480 g/mol. The van der Waals surface area contributed by atoms with Crippen LogP contribution in [0.4, 0.5) is 30.5 Å². The molecule has 4 aromatic rings. The Hall–Kier alpha value is -3.92. The number of pyridine rings is 1. The van der Waals surface area contributed by atoms with Gasteiger partial charge in [0, 0.05) is 55.2 Å². The molecule has 1 fully saturated rings. The minimum Gasteiger partial charge on any atom is -0.369 e. The number of benzene rings is 2. The SMILES string of the molecule is O=c1ccc2cnc(Nc3ccc(N4CCNCC4)cc3)nc2n1Cc1ccccc1C(F)(F)F. The molecule has 3 heterocycles. The van der Waals surface area contributed by atoms with E-state index in [0.29, 0.717) is 5.39 Å². The van der Waals surface area contributed by atoms with Gasteiger partial charge in [-0.05, 0) is 42.0 Å². The summed E-state index contributed by atoms with van der Waals surface area (Å²) in [6.07, 6.45) is -2.98. The first-order valence-electron chi connectivity index (χ1n) is 11.2. The zero-order valence-corrected chi connectivity index (χ0v) is 18.7. The second kappa shape index (κ2) is 9.38. The van der Waals surface area contributed by atoms with E-state index >= 15 is 0 Å². The Balaban J connectivity index is 1.44. The van der Waals surface area contributed by atoms with Gasteiger partial charge in [-0.25, -0.2) is 4.98 Å². The minimum absolute atomic E-state index is 0.00813. The maximum atomic E-state index is 13.5. The normalized spacial score (nSPS) is 14.3. The number of aromatic nitrogens is 3. The van der Waals surface area contributed by atoms with Crippen molar-refractivity contribution in [2.75, 3.05) is 36.4 Å². The summed E-state index contributed by atoms with van der Waals surface area (Å²) in [6, 6.07) is 16.0. The molecule has 0 radical (unpaired) electrons. The third kappa shape index (κ3) is 4.97. The van der Waals surface area contributed by atoms with E-state index in [1.807, 2.05) is 24.3 Å². The smallest absolute Gasteiger partial charge is 0.369 e. The van der Waals surface area contributed by atoms with Gasteiger partial charge < -0.3 is 15.5 Å². The van der Waals surface area contributed by atoms with Crippen LogP contribution in [0.1, 0.15) is 11.1 Å². The summed E-state index contributed by atoms with van der Waals surface area (Å²) in [7, 11) is 0. The third-order valence-electron chi connectivity index (χ3n) is 5.98. The molecule has 10 heteroatoms. The predicted molar refractivity (Wildman–Crippen MR) is 129 cm³/mol. The van der Waals surface area contributed by atoms with Crippen molar-refractivity contribution < 1.29 is 13.2 Å². The first-order chi connectivity index (χ1) is 16.9. The van der Waals surface area contributed by atoms with Crippen molar-refractivity contribution in [2.24, 2.45) is 0 Å². The quantitative estimate of drug-likeness (QED) is 0.450. The Kier molecular flexibility index (Phi) is 6.12. The number of piperazine rings is 1. The fourth-order valence-corrected chi connectivity index (χ4v) is 4.20. The van der Waals surface area contributed by atoms with Crippen LogP contribution in [-0.4, -0.2) is 40.7 Å². The van der Waals surface area contributed by atoms with E-state index in [9.17, 15) is 18.0 Å². The molecule has 35 heavy (non-hydrogen) atoms. The van der Waals surface area contributed by atoms with Crippen LogP contribution in [0, 0.1) is 0 Å². The van der Waals surface area contributed by atoms with Gasteiger partial charge >= 0.3 is 6.18 Å². The number of anilines is 3. The summed E-state index contributed by atoms with van der Waals surface area (Å²) in [6.45, 7) is 3.51. The van der Waals surface area contributed by atoms with Gasteiger partial charge in [0.1, 0.15) is 5.65 Å². The van der Waals surface area contributed by atoms with Crippen molar-refractivity contribution in [2.45, 2.75) is 12.7 Å². The Labute approximate surface area is 199 Å². The van der Waals surface area contributed by atoms with E-state index in [2.05, 4.69) is 25.5 Å². The zero-order chi connectivity index (χ0) is 24.4.